The third-order valence-electron chi connectivity index (χ3n) is 2.99. The lowest BCUT2D eigenvalue weighted by Gasteiger charge is -2.23. The van der Waals surface area contributed by atoms with E-state index in [1.165, 1.54) is 31.2 Å². The summed E-state index contributed by atoms with van der Waals surface area (Å²) in [5.74, 6) is 0. The summed E-state index contributed by atoms with van der Waals surface area (Å²) in [6.07, 6.45) is 4.96. The molecule has 2 atom stereocenters. The molecule has 1 nitrogen and oxygen atoms in total. The molecule has 0 amide bonds. The average Bonchev–Trinajstić information content (AvgIpc) is 2.30. The first kappa shape index (κ1) is 13.2. The van der Waals surface area contributed by atoms with Crippen LogP contribution in [-0.2, 0) is 0 Å². The van der Waals surface area contributed by atoms with Gasteiger partial charge in [0.1, 0.15) is 0 Å². The summed E-state index contributed by atoms with van der Waals surface area (Å²) < 4.78 is 0. The minimum absolute atomic E-state index is 0.521. The van der Waals surface area contributed by atoms with Gasteiger partial charge in [-0.1, -0.05) is 57.0 Å². The maximum Gasteiger partial charge on any atom is 0.0322 e. The zero-order valence-corrected chi connectivity index (χ0v) is 10.9. The lowest BCUT2D eigenvalue weighted by molar-refractivity contribution is 0.412. The van der Waals surface area contributed by atoms with Crippen molar-refractivity contribution in [2.45, 2.75) is 58.5 Å². The van der Waals surface area contributed by atoms with Crippen LogP contribution in [0, 0.1) is 0 Å². The average molecular weight is 219 g/mol. The molecule has 1 heteroatoms. The molecular weight excluding hydrogens is 194 g/mol. The van der Waals surface area contributed by atoms with Crippen LogP contribution in [0.15, 0.2) is 30.3 Å². The van der Waals surface area contributed by atoms with E-state index in [2.05, 4.69) is 56.4 Å². The second-order valence-electron chi connectivity index (χ2n) is 4.61. The molecule has 2 unspecified atom stereocenters. The zero-order valence-electron chi connectivity index (χ0n) is 10.9. The number of hydrogen-bond donors (Lipinski definition) is 1. The highest BCUT2D eigenvalue weighted by Gasteiger charge is 2.12. The van der Waals surface area contributed by atoms with Gasteiger partial charge in [-0.05, 0) is 25.3 Å². The molecule has 1 aromatic rings. The van der Waals surface area contributed by atoms with Gasteiger partial charge in [-0.2, -0.15) is 0 Å². The minimum atomic E-state index is 0.521. The Balaban J connectivity index is 2.60. The predicted octanol–water partition coefficient (Wildman–Crippen LogP) is 4.31. The van der Waals surface area contributed by atoms with Crippen LogP contribution in [0.4, 0.5) is 0 Å². The van der Waals surface area contributed by atoms with Crippen LogP contribution in [0.3, 0.4) is 0 Å². The SMILES string of the molecule is CCCC(C)NC(CCC)c1ccccc1. The van der Waals surface area contributed by atoms with E-state index >= 15 is 0 Å². The Labute approximate surface area is 100 Å². The first-order valence-corrected chi connectivity index (χ1v) is 6.58. The molecule has 0 heterocycles. The lowest BCUT2D eigenvalue weighted by atomic mass is 10.0. The maximum atomic E-state index is 3.74. The van der Waals surface area contributed by atoms with E-state index in [0.29, 0.717) is 12.1 Å². The molecule has 0 radical (unpaired) electrons. The van der Waals surface area contributed by atoms with E-state index in [4.69, 9.17) is 0 Å². The van der Waals surface area contributed by atoms with Gasteiger partial charge in [0.25, 0.3) is 0 Å². The third-order valence-corrected chi connectivity index (χ3v) is 2.99. The summed E-state index contributed by atoms with van der Waals surface area (Å²) >= 11 is 0. The number of hydrogen-bond acceptors (Lipinski definition) is 1. The Morgan fingerprint density at radius 1 is 1.00 bits per heavy atom. The monoisotopic (exact) mass is 219 g/mol. The van der Waals surface area contributed by atoms with Gasteiger partial charge in [-0.25, -0.2) is 0 Å². The molecule has 0 spiro atoms. The largest absolute Gasteiger partial charge is 0.307 e. The van der Waals surface area contributed by atoms with Crippen LogP contribution >= 0.6 is 0 Å². The van der Waals surface area contributed by atoms with E-state index in [1.807, 2.05) is 0 Å². The molecule has 0 aromatic heterocycles. The molecule has 0 saturated heterocycles. The summed E-state index contributed by atoms with van der Waals surface area (Å²) in [5.41, 5.74) is 1.42. The maximum absolute atomic E-state index is 3.74. The summed E-state index contributed by atoms with van der Waals surface area (Å²) in [4.78, 5) is 0. The first-order chi connectivity index (χ1) is 7.77. The standard InChI is InChI=1S/C15H25N/c1-4-9-13(3)16-15(10-5-2)14-11-7-6-8-12-14/h6-8,11-13,15-16H,4-5,9-10H2,1-3H3. The summed E-state index contributed by atoms with van der Waals surface area (Å²) in [5, 5.41) is 3.74. The minimum Gasteiger partial charge on any atom is -0.307 e. The van der Waals surface area contributed by atoms with E-state index in [1.54, 1.807) is 0 Å². The molecule has 0 aliphatic carbocycles. The summed E-state index contributed by atoms with van der Waals surface area (Å²) in [7, 11) is 0. The predicted molar refractivity (Wildman–Crippen MR) is 71.6 cm³/mol. The number of nitrogens with one attached hydrogen (secondary N) is 1. The molecule has 1 rings (SSSR count). The molecule has 0 aliphatic rings. The highest BCUT2D eigenvalue weighted by Crippen LogP contribution is 2.19. The van der Waals surface area contributed by atoms with Crippen LogP contribution in [-0.4, -0.2) is 6.04 Å². The molecule has 1 N–H and O–H groups in total. The van der Waals surface area contributed by atoms with Gasteiger partial charge in [-0.3, -0.25) is 0 Å². The molecule has 1 aromatic carbocycles. The third kappa shape index (κ3) is 4.36. The second-order valence-corrected chi connectivity index (χ2v) is 4.61. The van der Waals surface area contributed by atoms with Crippen molar-refractivity contribution in [2.75, 3.05) is 0 Å². The molecule has 0 fully saturated rings. The zero-order chi connectivity index (χ0) is 11.8. The van der Waals surface area contributed by atoms with Crippen LogP contribution in [0.1, 0.15) is 58.1 Å². The van der Waals surface area contributed by atoms with Crippen LogP contribution in [0.25, 0.3) is 0 Å². The summed E-state index contributed by atoms with van der Waals surface area (Å²) in [6, 6.07) is 11.9. The Kier molecular flexibility index (Phi) is 6.17. The van der Waals surface area contributed by atoms with Crippen molar-refractivity contribution in [3.05, 3.63) is 35.9 Å². The normalized spacial score (nSPS) is 14.7. The van der Waals surface area contributed by atoms with E-state index in [9.17, 15) is 0 Å². The van der Waals surface area contributed by atoms with Gasteiger partial charge in [0.05, 0.1) is 0 Å². The van der Waals surface area contributed by atoms with E-state index in [0.717, 1.165) is 0 Å². The van der Waals surface area contributed by atoms with Crippen molar-refractivity contribution < 1.29 is 0 Å². The Bertz CT molecular complexity index is 268. The smallest absolute Gasteiger partial charge is 0.0322 e. The first-order valence-electron chi connectivity index (χ1n) is 6.58. The van der Waals surface area contributed by atoms with Gasteiger partial charge in [0.2, 0.25) is 0 Å². The van der Waals surface area contributed by atoms with Crippen LogP contribution < -0.4 is 5.32 Å². The molecule has 16 heavy (non-hydrogen) atoms. The van der Waals surface area contributed by atoms with Crippen molar-refractivity contribution in [3.63, 3.8) is 0 Å². The van der Waals surface area contributed by atoms with Crippen LogP contribution in [0.5, 0.6) is 0 Å². The topological polar surface area (TPSA) is 12.0 Å². The van der Waals surface area contributed by atoms with Gasteiger partial charge in [0, 0.05) is 12.1 Å². The van der Waals surface area contributed by atoms with Gasteiger partial charge < -0.3 is 5.32 Å². The summed E-state index contributed by atoms with van der Waals surface area (Å²) in [6.45, 7) is 6.78. The lowest BCUT2D eigenvalue weighted by Crippen LogP contribution is -2.30. The second kappa shape index (κ2) is 7.45. The van der Waals surface area contributed by atoms with Gasteiger partial charge >= 0.3 is 0 Å². The Morgan fingerprint density at radius 2 is 1.62 bits per heavy atom. The number of benzene rings is 1. The van der Waals surface area contributed by atoms with Gasteiger partial charge in [0.15, 0.2) is 0 Å². The van der Waals surface area contributed by atoms with E-state index in [-0.39, 0.29) is 0 Å². The van der Waals surface area contributed by atoms with Crippen molar-refractivity contribution >= 4 is 0 Å². The molecule has 90 valence electrons. The van der Waals surface area contributed by atoms with Crippen molar-refractivity contribution in [3.8, 4) is 0 Å². The van der Waals surface area contributed by atoms with Crippen molar-refractivity contribution in [2.24, 2.45) is 0 Å². The quantitative estimate of drug-likeness (QED) is 0.720. The Morgan fingerprint density at radius 3 is 2.19 bits per heavy atom. The van der Waals surface area contributed by atoms with E-state index < -0.39 is 0 Å². The fraction of sp³-hybridized carbons (Fsp3) is 0.600. The molecule has 0 saturated carbocycles. The molecular formula is C15H25N. The van der Waals surface area contributed by atoms with Crippen molar-refractivity contribution in [1.82, 2.24) is 5.32 Å². The highest BCUT2D eigenvalue weighted by atomic mass is 14.9. The fourth-order valence-corrected chi connectivity index (χ4v) is 2.18. The highest BCUT2D eigenvalue weighted by molar-refractivity contribution is 5.18. The van der Waals surface area contributed by atoms with Crippen molar-refractivity contribution in [1.29, 1.82) is 0 Å². The molecule has 0 bridgehead atoms. The molecule has 0 aliphatic heterocycles. The van der Waals surface area contributed by atoms with Gasteiger partial charge in [-0.15, -0.1) is 0 Å². The van der Waals surface area contributed by atoms with Crippen LogP contribution in [0.2, 0.25) is 0 Å². The Hall–Kier alpha value is -0.820. The number of rotatable bonds is 7. The fourth-order valence-electron chi connectivity index (χ4n) is 2.18.